The molecule has 1 aromatic heterocycles. The summed E-state index contributed by atoms with van der Waals surface area (Å²) in [6, 6.07) is 2.79. The minimum Gasteiger partial charge on any atom is -0.348 e. The number of nitrogens with one attached hydrogen (secondary N) is 2. The van der Waals surface area contributed by atoms with Crippen LogP contribution in [0, 0.1) is 0 Å². The topological polar surface area (TPSA) is 74.8 Å². The van der Waals surface area contributed by atoms with Crippen LogP contribution in [0.1, 0.15) is 30.3 Å². The van der Waals surface area contributed by atoms with Crippen LogP contribution >= 0.6 is 15.9 Å². The molecule has 0 bridgehead atoms. The van der Waals surface area contributed by atoms with E-state index < -0.39 is 0 Å². The fourth-order valence-corrected chi connectivity index (χ4v) is 1.55. The Hall–Kier alpha value is -1.17. The number of carbonyl (C=O) groups excluding carboxylic acids is 1. The molecule has 0 aromatic carbocycles. The highest BCUT2D eigenvalue weighted by atomic mass is 79.9. The Morgan fingerprint density at radius 2 is 2.38 bits per heavy atom. The molecule has 5 nitrogen and oxygen atoms in total. The second kappa shape index (κ2) is 6.42. The van der Waals surface area contributed by atoms with Crippen molar-refractivity contribution in [3.05, 3.63) is 28.2 Å². The van der Waals surface area contributed by atoms with Gasteiger partial charge >= 0.3 is 0 Å². The molecule has 88 valence electrons. The molecule has 0 saturated carbocycles. The first-order chi connectivity index (χ1) is 7.63. The number of amides is 1. The van der Waals surface area contributed by atoms with Crippen LogP contribution in [0.15, 0.2) is 16.9 Å². The number of nitrogens with zero attached hydrogens (tertiary/aromatic N) is 1. The minimum atomic E-state index is -0.316. The quantitative estimate of drug-likeness (QED) is 0.796. The zero-order valence-electron chi connectivity index (χ0n) is 9.00. The van der Waals surface area contributed by atoms with E-state index in [1.807, 2.05) is 6.92 Å². The third kappa shape index (κ3) is 4.14. The molecule has 1 amide bonds. The van der Waals surface area contributed by atoms with E-state index in [-0.39, 0.29) is 23.2 Å². The molecule has 0 radical (unpaired) electrons. The molecule has 1 rings (SSSR count). The summed E-state index contributed by atoms with van der Waals surface area (Å²) in [7, 11) is 0. The number of aromatic nitrogens is 2. The van der Waals surface area contributed by atoms with Crippen molar-refractivity contribution in [3.63, 3.8) is 0 Å². The van der Waals surface area contributed by atoms with Gasteiger partial charge in [0.05, 0.1) is 0 Å². The van der Waals surface area contributed by atoms with E-state index in [0.29, 0.717) is 0 Å². The van der Waals surface area contributed by atoms with Gasteiger partial charge in [0.1, 0.15) is 5.69 Å². The number of hydrogen-bond acceptors (Lipinski definition) is 3. The van der Waals surface area contributed by atoms with Crippen LogP contribution in [-0.2, 0) is 0 Å². The molecule has 1 unspecified atom stereocenters. The van der Waals surface area contributed by atoms with Gasteiger partial charge in [-0.3, -0.25) is 9.59 Å². The molecule has 1 aromatic rings. The molecule has 0 aliphatic rings. The lowest BCUT2D eigenvalue weighted by Gasteiger charge is -2.12. The number of carbonyl (C=O) groups is 1. The van der Waals surface area contributed by atoms with Crippen molar-refractivity contribution in [2.45, 2.75) is 25.8 Å². The largest absolute Gasteiger partial charge is 0.348 e. The summed E-state index contributed by atoms with van der Waals surface area (Å²) < 4.78 is 0. The van der Waals surface area contributed by atoms with Crippen molar-refractivity contribution in [1.29, 1.82) is 0 Å². The van der Waals surface area contributed by atoms with Crippen molar-refractivity contribution < 1.29 is 4.79 Å². The maximum atomic E-state index is 11.6. The summed E-state index contributed by atoms with van der Waals surface area (Å²) in [6.45, 7) is 1.94. The molecular formula is C10H14BrN3O2. The summed E-state index contributed by atoms with van der Waals surface area (Å²) in [5.41, 5.74) is -0.0887. The molecule has 0 saturated heterocycles. The smallest absolute Gasteiger partial charge is 0.271 e. The number of H-pyrrole nitrogens is 1. The molecule has 16 heavy (non-hydrogen) atoms. The van der Waals surface area contributed by atoms with E-state index in [2.05, 4.69) is 31.4 Å². The van der Waals surface area contributed by atoms with Gasteiger partial charge in [0.25, 0.3) is 11.5 Å². The lowest BCUT2D eigenvalue weighted by molar-refractivity contribution is 0.0932. The summed E-state index contributed by atoms with van der Waals surface area (Å²) in [6.07, 6.45) is 1.90. The third-order valence-electron chi connectivity index (χ3n) is 2.06. The first-order valence-corrected chi connectivity index (χ1v) is 6.18. The highest BCUT2D eigenvalue weighted by Gasteiger charge is 2.10. The summed E-state index contributed by atoms with van der Waals surface area (Å²) >= 11 is 3.33. The number of hydrogen-bond donors (Lipinski definition) is 2. The molecule has 0 spiro atoms. The SMILES string of the molecule is CC(CCCBr)NC(=O)c1ccc(=O)[nH]n1. The number of halogens is 1. The van der Waals surface area contributed by atoms with Gasteiger partial charge in [-0.1, -0.05) is 15.9 Å². The van der Waals surface area contributed by atoms with Gasteiger partial charge in [0.2, 0.25) is 0 Å². The van der Waals surface area contributed by atoms with Crippen LogP contribution in [0.2, 0.25) is 0 Å². The van der Waals surface area contributed by atoms with Crippen LogP contribution in [-0.4, -0.2) is 27.5 Å². The van der Waals surface area contributed by atoms with Crippen LogP contribution < -0.4 is 10.9 Å². The lowest BCUT2D eigenvalue weighted by atomic mass is 10.2. The van der Waals surface area contributed by atoms with E-state index >= 15 is 0 Å². The molecule has 2 N–H and O–H groups in total. The van der Waals surface area contributed by atoms with E-state index in [9.17, 15) is 9.59 Å². The molecule has 6 heteroatoms. The fourth-order valence-electron chi connectivity index (χ4n) is 1.22. The molecule has 0 aliphatic carbocycles. The first-order valence-electron chi connectivity index (χ1n) is 5.06. The highest BCUT2D eigenvalue weighted by molar-refractivity contribution is 9.09. The number of alkyl halides is 1. The highest BCUT2D eigenvalue weighted by Crippen LogP contribution is 2.00. The number of aromatic amines is 1. The van der Waals surface area contributed by atoms with E-state index in [0.717, 1.165) is 18.2 Å². The average Bonchev–Trinajstić information content (AvgIpc) is 2.27. The van der Waals surface area contributed by atoms with Gasteiger partial charge in [0, 0.05) is 17.4 Å². The maximum absolute atomic E-state index is 11.6. The molecular weight excluding hydrogens is 274 g/mol. The Bertz CT molecular complexity index is 385. The fraction of sp³-hybridized carbons (Fsp3) is 0.500. The summed E-state index contributed by atoms with van der Waals surface area (Å²) in [5.74, 6) is -0.265. The Balaban J connectivity index is 2.52. The Kier molecular flexibility index (Phi) is 5.18. The van der Waals surface area contributed by atoms with Crippen molar-refractivity contribution in [1.82, 2.24) is 15.5 Å². The van der Waals surface area contributed by atoms with Gasteiger partial charge in [-0.25, -0.2) is 5.10 Å². The average molecular weight is 288 g/mol. The third-order valence-corrected chi connectivity index (χ3v) is 2.62. The summed E-state index contributed by atoms with van der Waals surface area (Å²) in [4.78, 5) is 22.4. The van der Waals surface area contributed by atoms with Gasteiger partial charge in [0.15, 0.2) is 0 Å². The zero-order valence-corrected chi connectivity index (χ0v) is 10.6. The van der Waals surface area contributed by atoms with Crippen molar-refractivity contribution in [2.24, 2.45) is 0 Å². The van der Waals surface area contributed by atoms with Gasteiger partial charge in [-0.05, 0) is 25.8 Å². The normalized spacial score (nSPS) is 12.1. The van der Waals surface area contributed by atoms with Gasteiger partial charge in [-0.15, -0.1) is 0 Å². The monoisotopic (exact) mass is 287 g/mol. The minimum absolute atomic E-state index is 0.0961. The molecule has 0 fully saturated rings. The Labute approximate surface area is 102 Å². The summed E-state index contributed by atoms with van der Waals surface area (Å²) in [5, 5.41) is 9.60. The number of rotatable bonds is 5. The van der Waals surface area contributed by atoms with E-state index in [1.165, 1.54) is 12.1 Å². The van der Waals surface area contributed by atoms with Crippen molar-refractivity contribution in [3.8, 4) is 0 Å². The molecule has 0 aliphatic heterocycles. The Morgan fingerprint density at radius 3 is 2.94 bits per heavy atom. The lowest BCUT2D eigenvalue weighted by Crippen LogP contribution is -2.33. The predicted molar refractivity (Wildman–Crippen MR) is 64.8 cm³/mol. The van der Waals surface area contributed by atoms with Gasteiger partial charge in [-0.2, -0.15) is 5.10 Å². The van der Waals surface area contributed by atoms with Crippen molar-refractivity contribution in [2.75, 3.05) is 5.33 Å². The van der Waals surface area contributed by atoms with Gasteiger partial charge < -0.3 is 5.32 Å². The molecule has 1 heterocycles. The predicted octanol–water partition coefficient (Wildman–Crippen LogP) is 1.06. The second-order valence-electron chi connectivity index (χ2n) is 3.51. The molecule has 1 atom stereocenters. The van der Waals surface area contributed by atoms with Crippen LogP contribution in [0.25, 0.3) is 0 Å². The second-order valence-corrected chi connectivity index (χ2v) is 4.31. The first kappa shape index (κ1) is 12.9. The van der Waals surface area contributed by atoms with E-state index in [1.54, 1.807) is 0 Å². The Morgan fingerprint density at radius 1 is 1.62 bits per heavy atom. The van der Waals surface area contributed by atoms with Crippen molar-refractivity contribution >= 4 is 21.8 Å². The van der Waals surface area contributed by atoms with Crippen LogP contribution in [0.4, 0.5) is 0 Å². The van der Waals surface area contributed by atoms with Crippen LogP contribution in [0.3, 0.4) is 0 Å². The maximum Gasteiger partial charge on any atom is 0.271 e. The standard InChI is InChI=1S/C10H14BrN3O2/c1-7(3-2-6-11)12-10(16)8-4-5-9(15)14-13-8/h4-5,7H,2-3,6H2,1H3,(H,12,16)(H,14,15). The van der Waals surface area contributed by atoms with E-state index in [4.69, 9.17) is 0 Å². The van der Waals surface area contributed by atoms with Crippen LogP contribution in [0.5, 0.6) is 0 Å². The zero-order chi connectivity index (χ0) is 12.0.